The molecule has 1 aliphatic heterocycles. The van der Waals surface area contributed by atoms with Crippen LogP contribution >= 0.6 is 0 Å². The molecule has 3 unspecified atom stereocenters. The number of hydrogen-bond acceptors (Lipinski definition) is 3. The van der Waals surface area contributed by atoms with Crippen LogP contribution in [0.5, 0.6) is 0 Å². The van der Waals surface area contributed by atoms with E-state index in [0.717, 1.165) is 19.4 Å². The molecule has 0 radical (unpaired) electrons. The molecule has 0 aromatic heterocycles. The van der Waals surface area contributed by atoms with Crippen molar-refractivity contribution in [3.63, 3.8) is 0 Å². The number of benzene rings is 3. The summed E-state index contributed by atoms with van der Waals surface area (Å²) in [6, 6.07) is 32.2. The zero-order valence-corrected chi connectivity index (χ0v) is 22.2. The van der Waals surface area contributed by atoms with Crippen molar-refractivity contribution in [1.82, 2.24) is 15.5 Å². The molecule has 37 heavy (non-hydrogen) atoms. The first-order valence-electron chi connectivity index (χ1n) is 14.1. The van der Waals surface area contributed by atoms with Gasteiger partial charge in [0.2, 0.25) is 5.91 Å². The van der Waals surface area contributed by atoms with Gasteiger partial charge in [0.25, 0.3) is 0 Å². The lowest BCUT2D eigenvalue weighted by molar-refractivity contribution is -0.127. The number of amides is 1. The van der Waals surface area contributed by atoms with Gasteiger partial charge in [-0.3, -0.25) is 15.0 Å². The minimum atomic E-state index is -0.234. The molecule has 0 spiro atoms. The maximum Gasteiger partial charge on any atom is 0.239 e. The molecule has 1 aliphatic carbocycles. The van der Waals surface area contributed by atoms with Crippen LogP contribution in [0.25, 0.3) is 0 Å². The van der Waals surface area contributed by atoms with E-state index >= 15 is 0 Å². The van der Waals surface area contributed by atoms with E-state index in [2.05, 4.69) is 120 Å². The van der Waals surface area contributed by atoms with Crippen molar-refractivity contribution >= 4 is 5.91 Å². The van der Waals surface area contributed by atoms with Gasteiger partial charge in [0.15, 0.2) is 0 Å². The maximum atomic E-state index is 14.1. The standard InChI is InChI=1S/C33H41N3O/c1-24(2)30-31(33(37)34-28-21-13-6-14-22-28)36(23-25-15-7-3-8-16-25)32(35-30)29(26-17-9-4-10-18-26)27-19-11-5-12-20-27/h3-5,7-12,15-20,24,28-32,35H,6,13-14,21-23H2,1-2H3,(H,34,37). The summed E-state index contributed by atoms with van der Waals surface area (Å²) in [5.41, 5.74) is 3.76. The van der Waals surface area contributed by atoms with Crippen LogP contribution in [0, 0.1) is 5.92 Å². The lowest BCUT2D eigenvalue weighted by Gasteiger charge is -2.35. The van der Waals surface area contributed by atoms with Crippen molar-refractivity contribution in [1.29, 1.82) is 0 Å². The quantitative estimate of drug-likeness (QED) is 0.397. The van der Waals surface area contributed by atoms with E-state index in [1.165, 1.54) is 36.0 Å². The van der Waals surface area contributed by atoms with Crippen LogP contribution < -0.4 is 10.6 Å². The first kappa shape index (κ1) is 25.7. The molecule has 3 atom stereocenters. The molecule has 3 aromatic rings. The van der Waals surface area contributed by atoms with Gasteiger partial charge in [-0.1, -0.05) is 124 Å². The second kappa shape index (κ2) is 12.1. The molecule has 2 N–H and O–H groups in total. The molecular formula is C33H41N3O. The van der Waals surface area contributed by atoms with Crippen molar-refractivity contribution in [2.45, 2.75) is 82.7 Å². The Balaban J connectivity index is 1.55. The van der Waals surface area contributed by atoms with Gasteiger partial charge in [0.1, 0.15) is 6.04 Å². The molecule has 1 amide bonds. The second-order valence-corrected chi connectivity index (χ2v) is 11.1. The lowest BCUT2D eigenvalue weighted by atomic mass is 9.88. The summed E-state index contributed by atoms with van der Waals surface area (Å²) >= 11 is 0. The molecule has 3 aromatic carbocycles. The molecule has 5 rings (SSSR count). The smallest absolute Gasteiger partial charge is 0.239 e. The first-order valence-corrected chi connectivity index (χ1v) is 14.1. The minimum absolute atomic E-state index is 0.0143. The highest BCUT2D eigenvalue weighted by Gasteiger charge is 2.49. The molecule has 2 fully saturated rings. The third-order valence-corrected chi connectivity index (χ3v) is 8.20. The topological polar surface area (TPSA) is 44.4 Å². The van der Waals surface area contributed by atoms with Gasteiger partial charge in [-0.05, 0) is 35.4 Å². The fourth-order valence-corrected chi connectivity index (χ4v) is 6.32. The second-order valence-electron chi connectivity index (χ2n) is 11.1. The number of carbonyl (C=O) groups is 1. The number of hydrogen-bond donors (Lipinski definition) is 2. The average Bonchev–Trinajstić information content (AvgIpc) is 3.30. The molecule has 194 valence electrons. The third kappa shape index (κ3) is 5.97. The number of carbonyl (C=O) groups excluding carboxylic acids is 1. The predicted molar refractivity (Wildman–Crippen MR) is 151 cm³/mol. The van der Waals surface area contributed by atoms with E-state index in [4.69, 9.17) is 0 Å². The van der Waals surface area contributed by atoms with E-state index in [-0.39, 0.29) is 30.1 Å². The molecule has 2 aliphatic rings. The Labute approximate surface area is 222 Å². The Morgan fingerprint density at radius 1 is 0.838 bits per heavy atom. The lowest BCUT2D eigenvalue weighted by Crippen LogP contribution is -2.53. The van der Waals surface area contributed by atoms with Crippen LogP contribution in [0.3, 0.4) is 0 Å². The Morgan fingerprint density at radius 3 is 1.92 bits per heavy atom. The predicted octanol–water partition coefficient (Wildman–Crippen LogP) is 6.09. The van der Waals surface area contributed by atoms with Crippen LogP contribution in [-0.4, -0.2) is 35.1 Å². The number of nitrogens with one attached hydrogen (secondary N) is 2. The molecule has 0 bridgehead atoms. The normalized spacial score (nSPS) is 23.0. The monoisotopic (exact) mass is 495 g/mol. The summed E-state index contributed by atoms with van der Waals surface area (Å²) in [7, 11) is 0. The van der Waals surface area contributed by atoms with Gasteiger partial charge < -0.3 is 5.32 Å². The van der Waals surface area contributed by atoms with Crippen molar-refractivity contribution in [2.24, 2.45) is 5.92 Å². The fourth-order valence-electron chi connectivity index (χ4n) is 6.32. The number of nitrogens with zero attached hydrogens (tertiary/aromatic N) is 1. The van der Waals surface area contributed by atoms with E-state index in [0.29, 0.717) is 12.0 Å². The molecule has 4 nitrogen and oxygen atoms in total. The Morgan fingerprint density at radius 2 is 1.38 bits per heavy atom. The van der Waals surface area contributed by atoms with Crippen LogP contribution in [0.15, 0.2) is 91.0 Å². The fraction of sp³-hybridized carbons (Fsp3) is 0.424. The third-order valence-electron chi connectivity index (χ3n) is 8.20. The molecule has 1 heterocycles. The summed E-state index contributed by atoms with van der Waals surface area (Å²) in [4.78, 5) is 16.5. The van der Waals surface area contributed by atoms with Crippen molar-refractivity contribution < 1.29 is 4.79 Å². The van der Waals surface area contributed by atoms with E-state index < -0.39 is 0 Å². The summed E-state index contributed by atoms with van der Waals surface area (Å²) in [6.45, 7) is 5.20. The summed E-state index contributed by atoms with van der Waals surface area (Å²) in [5.74, 6) is 0.592. The van der Waals surface area contributed by atoms with Crippen molar-refractivity contribution in [3.05, 3.63) is 108 Å². The zero-order valence-electron chi connectivity index (χ0n) is 22.2. The van der Waals surface area contributed by atoms with Gasteiger partial charge in [-0.15, -0.1) is 0 Å². The largest absolute Gasteiger partial charge is 0.352 e. The van der Waals surface area contributed by atoms with Crippen LogP contribution in [0.2, 0.25) is 0 Å². The Kier molecular flexibility index (Phi) is 8.38. The SMILES string of the molecule is CC(C)C1NC(C(c2ccccc2)c2ccccc2)N(Cc2ccccc2)C1C(=O)NC1CCCCC1. The van der Waals surface area contributed by atoms with Gasteiger partial charge in [0.05, 0.1) is 6.17 Å². The van der Waals surface area contributed by atoms with Gasteiger partial charge >= 0.3 is 0 Å². The average molecular weight is 496 g/mol. The maximum absolute atomic E-state index is 14.1. The van der Waals surface area contributed by atoms with Crippen LogP contribution in [0.4, 0.5) is 0 Å². The Hall–Kier alpha value is -2.95. The molecular weight excluding hydrogens is 454 g/mol. The van der Waals surface area contributed by atoms with E-state index in [1.807, 2.05) is 0 Å². The van der Waals surface area contributed by atoms with Crippen LogP contribution in [-0.2, 0) is 11.3 Å². The van der Waals surface area contributed by atoms with Crippen LogP contribution in [0.1, 0.15) is 68.6 Å². The van der Waals surface area contributed by atoms with E-state index in [1.54, 1.807) is 0 Å². The molecule has 1 saturated carbocycles. The summed E-state index contributed by atoms with van der Waals surface area (Å²) in [6.07, 6.45) is 5.88. The number of rotatable bonds is 8. The van der Waals surface area contributed by atoms with Gasteiger partial charge in [0, 0.05) is 24.5 Å². The Bertz CT molecular complexity index is 1070. The molecule has 1 saturated heterocycles. The van der Waals surface area contributed by atoms with Gasteiger partial charge in [-0.25, -0.2) is 0 Å². The minimum Gasteiger partial charge on any atom is -0.352 e. The highest BCUT2D eigenvalue weighted by Crippen LogP contribution is 2.37. The highest BCUT2D eigenvalue weighted by molar-refractivity contribution is 5.83. The summed E-state index contributed by atoms with van der Waals surface area (Å²) < 4.78 is 0. The zero-order chi connectivity index (χ0) is 25.6. The summed E-state index contributed by atoms with van der Waals surface area (Å²) in [5, 5.41) is 7.47. The van der Waals surface area contributed by atoms with Crippen molar-refractivity contribution in [2.75, 3.05) is 0 Å². The highest BCUT2D eigenvalue weighted by atomic mass is 16.2. The van der Waals surface area contributed by atoms with Gasteiger partial charge in [-0.2, -0.15) is 0 Å². The van der Waals surface area contributed by atoms with Crippen molar-refractivity contribution in [3.8, 4) is 0 Å². The first-order chi connectivity index (χ1) is 18.1. The molecule has 4 heteroatoms. The van der Waals surface area contributed by atoms with E-state index in [9.17, 15) is 4.79 Å².